The van der Waals surface area contributed by atoms with E-state index in [0.717, 1.165) is 47.3 Å². The number of nitrogens with zero attached hydrogens (tertiary/aromatic N) is 1. The Bertz CT molecular complexity index is 1080. The topological polar surface area (TPSA) is 59.0 Å². The van der Waals surface area contributed by atoms with Crippen molar-refractivity contribution in [3.8, 4) is 6.07 Å². The molecule has 0 aromatic heterocycles. The lowest BCUT2D eigenvalue weighted by atomic mass is 9.77. The molecule has 0 fully saturated rings. The largest absolute Gasteiger partial charge is 0.440 e. The third kappa shape index (κ3) is 3.30. The highest BCUT2D eigenvalue weighted by Gasteiger charge is 2.36. The zero-order valence-electron chi connectivity index (χ0n) is 15.1. The summed E-state index contributed by atoms with van der Waals surface area (Å²) in [4.78, 5) is 0. The smallest absolute Gasteiger partial charge is 0.205 e. The van der Waals surface area contributed by atoms with E-state index in [-0.39, 0.29) is 11.8 Å². The first-order valence-corrected chi connectivity index (χ1v) is 9.86. The molecule has 0 bridgehead atoms. The van der Waals surface area contributed by atoms with E-state index in [4.69, 9.17) is 33.7 Å². The van der Waals surface area contributed by atoms with Crippen molar-refractivity contribution < 1.29 is 4.74 Å². The van der Waals surface area contributed by atoms with Gasteiger partial charge in [0.2, 0.25) is 5.88 Å². The number of nitrogens with two attached hydrogens (primary N) is 1. The maximum absolute atomic E-state index is 9.75. The van der Waals surface area contributed by atoms with Gasteiger partial charge >= 0.3 is 0 Å². The van der Waals surface area contributed by atoms with Gasteiger partial charge in [-0.2, -0.15) is 5.26 Å². The lowest BCUT2D eigenvalue weighted by Crippen LogP contribution is -2.24. The van der Waals surface area contributed by atoms with Crippen LogP contribution in [0.2, 0.25) is 10.0 Å². The van der Waals surface area contributed by atoms with Gasteiger partial charge in [-0.1, -0.05) is 59.6 Å². The fourth-order valence-electron chi connectivity index (χ4n) is 3.88. The first kappa shape index (κ1) is 18.7. The van der Waals surface area contributed by atoms with Crippen LogP contribution in [0.1, 0.15) is 36.3 Å². The lowest BCUT2D eigenvalue weighted by Gasteiger charge is -2.33. The summed E-state index contributed by atoms with van der Waals surface area (Å²) in [6.45, 7) is 0. The van der Waals surface area contributed by atoms with Crippen LogP contribution in [0.3, 0.4) is 0 Å². The highest BCUT2D eigenvalue weighted by Crippen LogP contribution is 2.48. The van der Waals surface area contributed by atoms with Crippen molar-refractivity contribution in [2.75, 3.05) is 0 Å². The van der Waals surface area contributed by atoms with E-state index in [1.165, 1.54) is 0 Å². The first-order valence-electron chi connectivity index (χ1n) is 9.10. The van der Waals surface area contributed by atoms with Gasteiger partial charge in [0.05, 0.1) is 5.92 Å². The Hall–Kier alpha value is -2.67. The number of nitriles is 1. The molecule has 1 atom stereocenters. The standard InChI is InChI=1S/C23H18Cl2N2O/c24-19-10-3-1-6-14(19)12-15-7-5-9-17-21(16-8-2-4-11-20(16)25)18(13-26)23(27)28-22(15)17/h1-4,6,8,10-12,21H,5,7,9,27H2/b15-12-/t21-/m0/s1. The van der Waals surface area contributed by atoms with Gasteiger partial charge in [-0.15, -0.1) is 0 Å². The highest BCUT2D eigenvalue weighted by atomic mass is 35.5. The number of allylic oxidation sites excluding steroid dienone is 3. The van der Waals surface area contributed by atoms with Gasteiger partial charge in [0, 0.05) is 10.0 Å². The second kappa shape index (κ2) is 7.75. The van der Waals surface area contributed by atoms with Gasteiger partial charge in [-0.3, -0.25) is 0 Å². The third-order valence-corrected chi connectivity index (χ3v) is 5.85. The fraction of sp³-hybridized carbons (Fsp3) is 0.174. The van der Waals surface area contributed by atoms with Crippen molar-refractivity contribution in [1.29, 1.82) is 5.26 Å². The minimum Gasteiger partial charge on any atom is -0.440 e. The summed E-state index contributed by atoms with van der Waals surface area (Å²) in [5.74, 6) is 0.586. The Labute approximate surface area is 174 Å². The minimum absolute atomic E-state index is 0.137. The molecule has 1 aliphatic heterocycles. The summed E-state index contributed by atoms with van der Waals surface area (Å²) in [6.07, 6.45) is 4.68. The molecule has 5 heteroatoms. The van der Waals surface area contributed by atoms with Crippen LogP contribution < -0.4 is 5.73 Å². The second-order valence-electron chi connectivity index (χ2n) is 6.85. The Morgan fingerprint density at radius 2 is 1.75 bits per heavy atom. The van der Waals surface area contributed by atoms with Crippen molar-refractivity contribution in [3.05, 3.63) is 98.1 Å². The van der Waals surface area contributed by atoms with E-state index in [1.54, 1.807) is 0 Å². The van der Waals surface area contributed by atoms with Crippen LogP contribution in [0.5, 0.6) is 0 Å². The molecule has 2 N–H and O–H groups in total. The molecule has 0 radical (unpaired) electrons. The number of rotatable bonds is 2. The Morgan fingerprint density at radius 1 is 1.04 bits per heavy atom. The summed E-state index contributed by atoms with van der Waals surface area (Å²) in [7, 11) is 0. The normalized spacial score (nSPS) is 20.6. The molecule has 0 saturated heterocycles. The summed E-state index contributed by atoms with van der Waals surface area (Å²) in [6, 6.07) is 17.5. The van der Waals surface area contributed by atoms with Gasteiger partial charge in [-0.25, -0.2) is 0 Å². The Balaban J connectivity index is 1.88. The van der Waals surface area contributed by atoms with Crippen LogP contribution in [0.25, 0.3) is 6.08 Å². The van der Waals surface area contributed by atoms with Crippen LogP contribution in [0.15, 0.2) is 76.9 Å². The van der Waals surface area contributed by atoms with Gasteiger partial charge in [0.25, 0.3) is 0 Å². The maximum Gasteiger partial charge on any atom is 0.205 e. The molecule has 4 rings (SSSR count). The SMILES string of the molecule is N#CC1=C(N)OC2=C(CCC/C2=C/c2ccccc2Cl)[C@@H]1c1ccccc1Cl. The van der Waals surface area contributed by atoms with Crippen molar-refractivity contribution in [1.82, 2.24) is 0 Å². The molecule has 1 heterocycles. The Kier molecular flexibility index (Phi) is 5.17. The molecule has 3 nitrogen and oxygen atoms in total. The van der Waals surface area contributed by atoms with Gasteiger partial charge in [-0.05, 0) is 59.7 Å². The van der Waals surface area contributed by atoms with E-state index in [2.05, 4.69) is 6.07 Å². The van der Waals surface area contributed by atoms with Gasteiger partial charge in [0.15, 0.2) is 0 Å². The molecule has 1 aliphatic carbocycles. The molecular formula is C23H18Cl2N2O. The summed E-state index contributed by atoms with van der Waals surface area (Å²) in [5, 5.41) is 11.0. The van der Waals surface area contributed by atoms with Crippen molar-refractivity contribution in [2.24, 2.45) is 5.73 Å². The first-order chi connectivity index (χ1) is 13.6. The third-order valence-electron chi connectivity index (χ3n) is 5.16. The van der Waals surface area contributed by atoms with Crippen molar-refractivity contribution in [3.63, 3.8) is 0 Å². The van der Waals surface area contributed by atoms with E-state index in [0.29, 0.717) is 15.6 Å². The van der Waals surface area contributed by atoms with Crippen molar-refractivity contribution >= 4 is 29.3 Å². The number of hydrogen-bond donors (Lipinski definition) is 1. The van der Waals surface area contributed by atoms with E-state index in [9.17, 15) is 5.26 Å². The predicted octanol–water partition coefficient (Wildman–Crippen LogP) is 6.32. The molecule has 0 saturated carbocycles. The lowest BCUT2D eigenvalue weighted by molar-refractivity contribution is 0.277. The van der Waals surface area contributed by atoms with E-state index < -0.39 is 0 Å². The van der Waals surface area contributed by atoms with Gasteiger partial charge in [0.1, 0.15) is 17.4 Å². The molecule has 140 valence electrons. The zero-order chi connectivity index (χ0) is 19.7. The molecule has 28 heavy (non-hydrogen) atoms. The van der Waals surface area contributed by atoms with E-state index in [1.807, 2.05) is 54.6 Å². The predicted molar refractivity (Wildman–Crippen MR) is 112 cm³/mol. The summed E-state index contributed by atoms with van der Waals surface area (Å²) < 4.78 is 5.97. The monoisotopic (exact) mass is 408 g/mol. The van der Waals surface area contributed by atoms with Crippen LogP contribution in [-0.2, 0) is 4.74 Å². The molecular weight excluding hydrogens is 391 g/mol. The summed E-state index contributed by atoms with van der Waals surface area (Å²) in [5.41, 5.74) is 10.5. The van der Waals surface area contributed by atoms with E-state index >= 15 is 0 Å². The molecule has 0 spiro atoms. The second-order valence-corrected chi connectivity index (χ2v) is 7.66. The Morgan fingerprint density at radius 3 is 2.46 bits per heavy atom. The zero-order valence-corrected chi connectivity index (χ0v) is 16.6. The quantitative estimate of drug-likeness (QED) is 0.631. The number of benzene rings is 2. The molecule has 2 aromatic carbocycles. The highest BCUT2D eigenvalue weighted by molar-refractivity contribution is 6.32. The minimum atomic E-state index is -0.294. The molecule has 0 unspecified atom stereocenters. The molecule has 2 aromatic rings. The van der Waals surface area contributed by atoms with Crippen LogP contribution in [0, 0.1) is 11.3 Å². The number of halogens is 2. The van der Waals surface area contributed by atoms with Crippen LogP contribution in [0.4, 0.5) is 0 Å². The van der Waals surface area contributed by atoms with Crippen molar-refractivity contribution in [2.45, 2.75) is 25.2 Å². The number of ether oxygens (including phenoxy) is 1. The number of hydrogen-bond acceptors (Lipinski definition) is 3. The maximum atomic E-state index is 9.75. The average molecular weight is 409 g/mol. The molecule has 0 amide bonds. The fourth-order valence-corrected chi connectivity index (χ4v) is 4.32. The summed E-state index contributed by atoms with van der Waals surface area (Å²) >= 11 is 12.8. The molecule has 2 aliphatic rings. The van der Waals surface area contributed by atoms with Crippen LogP contribution >= 0.6 is 23.2 Å². The van der Waals surface area contributed by atoms with Gasteiger partial charge < -0.3 is 10.5 Å². The average Bonchev–Trinajstić information content (AvgIpc) is 2.70. The van der Waals surface area contributed by atoms with Crippen LogP contribution in [-0.4, -0.2) is 0 Å².